The monoisotopic (exact) mass is 528 g/mol. The maximum Gasteiger partial charge on any atom is 0.405 e. The zero-order chi connectivity index (χ0) is 27.1. The van der Waals surface area contributed by atoms with Crippen LogP contribution in [0.25, 0.3) is 22.2 Å². The van der Waals surface area contributed by atoms with Crippen LogP contribution in [0.2, 0.25) is 18.1 Å². The van der Waals surface area contributed by atoms with E-state index in [2.05, 4.69) is 61.0 Å². The molecule has 0 aliphatic heterocycles. The van der Waals surface area contributed by atoms with Gasteiger partial charge in [-0.15, -0.1) is 0 Å². The molecule has 1 aliphatic rings. The molecule has 1 atom stereocenters. The van der Waals surface area contributed by atoms with E-state index in [1.54, 1.807) is 7.11 Å². The molecular formula is C27H40N4O5Si. The largest absolute Gasteiger partial charge is 0.465 e. The van der Waals surface area contributed by atoms with Gasteiger partial charge < -0.3 is 28.7 Å². The fraction of sp³-hybridized carbons (Fsp3) is 0.593. The smallest absolute Gasteiger partial charge is 0.405 e. The van der Waals surface area contributed by atoms with Crippen molar-refractivity contribution in [3.05, 3.63) is 35.5 Å². The molecule has 1 aliphatic carbocycles. The van der Waals surface area contributed by atoms with Gasteiger partial charge in [-0.3, -0.25) is 0 Å². The van der Waals surface area contributed by atoms with Crippen molar-refractivity contribution in [2.24, 2.45) is 0 Å². The van der Waals surface area contributed by atoms with E-state index in [4.69, 9.17) is 18.7 Å². The molecule has 0 bridgehead atoms. The normalized spacial score (nSPS) is 19.1. The van der Waals surface area contributed by atoms with Crippen LogP contribution in [0.3, 0.4) is 0 Å². The van der Waals surface area contributed by atoms with Crippen LogP contribution in [0.4, 0.5) is 4.79 Å². The number of methoxy groups -OCH3 is 1. The number of nitrogens with zero attached hydrogens (tertiary/aromatic N) is 3. The average molecular weight is 529 g/mol. The van der Waals surface area contributed by atoms with Gasteiger partial charge in [-0.25, -0.2) is 9.78 Å². The van der Waals surface area contributed by atoms with Crippen LogP contribution < -0.4 is 5.32 Å². The lowest BCUT2D eigenvalue weighted by Gasteiger charge is -2.38. The molecule has 1 aromatic carbocycles. The molecule has 0 unspecified atom stereocenters. The minimum Gasteiger partial charge on any atom is -0.465 e. The van der Waals surface area contributed by atoms with E-state index in [9.17, 15) is 9.90 Å². The van der Waals surface area contributed by atoms with Crippen molar-refractivity contribution in [3.63, 3.8) is 0 Å². The first-order valence-electron chi connectivity index (χ1n) is 12.9. The van der Waals surface area contributed by atoms with Crippen LogP contribution in [0, 0.1) is 13.8 Å². The molecule has 1 amide bonds. The van der Waals surface area contributed by atoms with Crippen LogP contribution >= 0.6 is 0 Å². The fourth-order valence-electron chi connectivity index (χ4n) is 4.80. The summed E-state index contributed by atoms with van der Waals surface area (Å²) >= 11 is 0. The van der Waals surface area contributed by atoms with E-state index in [1.807, 2.05) is 19.9 Å². The summed E-state index contributed by atoms with van der Waals surface area (Å²) in [5.74, 6) is 1.47. The first-order chi connectivity index (χ1) is 17.3. The summed E-state index contributed by atoms with van der Waals surface area (Å²) in [6.07, 6.45) is 1.35. The molecule has 202 valence electrons. The van der Waals surface area contributed by atoms with Crippen molar-refractivity contribution in [1.29, 1.82) is 0 Å². The van der Waals surface area contributed by atoms with Crippen molar-refractivity contribution in [2.45, 2.75) is 90.2 Å². The number of rotatable bonds is 9. The second-order valence-electron chi connectivity index (χ2n) is 11.6. The number of amides is 1. The Morgan fingerprint density at radius 3 is 2.57 bits per heavy atom. The zero-order valence-corrected chi connectivity index (χ0v) is 24.2. The maximum atomic E-state index is 11.8. The molecule has 0 radical (unpaired) electrons. The highest BCUT2D eigenvalue weighted by atomic mass is 28.4. The number of hydrogen-bond donors (Lipinski definition) is 2. The number of benzene rings is 1. The third-order valence-electron chi connectivity index (χ3n) is 8.09. The highest BCUT2D eigenvalue weighted by Gasteiger charge is 2.38. The SMILES string of the molecule is COC1CC(n2c([C@H](CCO[Si](C)(C)C(C)(C)C)NC(=O)O)nc3cc(-c4c(C)noc4C)ccc32)C1. The van der Waals surface area contributed by atoms with Crippen molar-refractivity contribution in [3.8, 4) is 11.1 Å². The Balaban J connectivity index is 1.73. The molecule has 2 N–H and O–H groups in total. The highest BCUT2D eigenvalue weighted by molar-refractivity contribution is 6.74. The topological polar surface area (TPSA) is 112 Å². The van der Waals surface area contributed by atoms with E-state index < -0.39 is 20.5 Å². The van der Waals surface area contributed by atoms with E-state index in [-0.39, 0.29) is 17.2 Å². The summed E-state index contributed by atoms with van der Waals surface area (Å²) in [4.78, 5) is 16.9. The summed E-state index contributed by atoms with van der Waals surface area (Å²) in [5, 5.41) is 16.6. The molecule has 0 spiro atoms. The molecule has 37 heavy (non-hydrogen) atoms. The van der Waals surface area contributed by atoms with Gasteiger partial charge in [0.1, 0.15) is 11.6 Å². The second kappa shape index (κ2) is 10.2. The Hall–Kier alpha value is -2.69. The predicted molar refractivity (Wildman–Crippen MR) is 145 cm³/mol. The third-order valence-corrected chi connectivity index (χ3v) is 12.6. The fourth-order valence-corrected chi connectivity index (χ4v) is 5.86. The zero-order valence-electron chi connectivity index (χ0n) is 23.2. The highest BCUT2D eigenvalue weighted by Crippen LogP contribution is 2.41. The number of imidazole rings is 1. The number of nitrogens with one attached hydrogen (secondary N) is 1. The second-order valence-corrected chi connectivity index (χ2v) is 16.4. The Labute approximate surface area is 219 Å². The number of hydrogen-bond acceptors (Lipinski definition) is 6. The summed E-state index contributed by atoms with van der Waals surface area (Å²) < 4.78 is 19.5. The molecule has 4 rings (SSSR count). The van der Waals surface area contributed by atoms with Gasteiger partial charge in [0, 0.05) is 25.3 Å². The van der Waals surface area contributed by atoms with E-state index >= 15 is 0 Å². The van der Waals surface area contributed by atoms with Gasteiger partial charge >= 0.3 is 6.09 Å². The number of aromatic nitrogens is 3. The summed E-state index contributed by atoms with van der Waals surface area (Å²) in [7, 11) is -0.240. The molecule has 2 aromatic heterocycles. The predicted octanol–water partition coefficient (Wildman–Crippen LogP) is 6.38. The first kappa shape index (κ1) is 27.3. The van der Waals surface area contributed by atoms with E-state index in [0.717, 1.165) is 46.5 Å². The van der Waals surface area contributed by atoms with Crippen molar-refractivity contribution in [2.75, 3.05) is 13.7 Å². The molecule has 9 nitrogen and oxygen atoms in total. The average Bonchev–Trinajstić information content (AvgIpc) is 3.30. The molecular weight excluding hydrogens is 488 g/mol. The number of fused-ring (bicyclic) bond motifs is 1. The van der Waals surface area contributed by atoms with Crippen molar-refractivity contribution >= 4 is 25.4 Å². The number of ether oxygens (including phenoxy) is 1. The lowest BCUT2D eigenvalue weighted by atomic mass is 9.88. The Morgan fingerprint density at radius 1 is 1.30 bits per heavy atom. The summed E-state index contributed by atoms with van der Waals surface area (Å²) in [6.45, 7) is 15.3. The molecule has 1 saturated carbocycles. The van der Waals surface area contributed by atoms with Crippen molar-refractivity contribution < 1.29 is 23.6 Å². The molecule has 0 saturated heterocycles. The van der Waals surface area contributed by atoms with Gasteiger partial charge in [0.15, 0.2) is 8.32 Å². The van der Waals surface area contributed by atoms with Crippen LogP contribution in [0.15, 0.2) is 22.7 Å². The van der Waals surface area contributed by atoms with Crippen LogP contribution in [-0.2, 0) is 9.16 Å². The van der Waals surface area contributed by atoms with Crippen LogP contribution in [-0.4, -0.2) is 54.0 Å². The van der Waals surface area contributed by atoms with Gasteiger partial charge in [-0.2, -0.15) is 0 Å². The molecule has 1 fully saturated rings. The Kier molecular flexibility index (Phi) is 7.56. The van der Waals surface area contributed by atoms with E-state index in [0.29, 0.717) is 18.9 Å². The first-order valence-corrected chi connectivity index (χ1v) is 15.8. The number of carbonyl (C=O) groups is 1. The molecule has 3 aromatic rings. The van der Waals surface area contributed by atoms with Gasteiger partial charge in [0.25, 0.3) is 0 Å². The summed E-state index contributed by atoms with van der Waals surface area (Å²) in [5.41, 5.74) is 4.56. The Bertz CT molecular complexity index is 1250. The van der Waals surface area contributed by atoms with Crippen LogP contribution in [0.5, 0.6) is 0 Å². The number of aryl methyl sites for hydroxylation is 2. The standard InChI is InChI=1S/C27H40N4O5Si/c1-16-24(17(2)36-30-16)18-9-10-23-22(13-18)28-25(31(23)19-14-20(15-19)34-6)21(29-26(32)33)11-12-35-37(7,8)27(3,4)5/h9-10,13,19-21,29H,11-12,14-15H2,1-8H3,(H,32,33)/t19?,20?,21-/m0/s1. The van der Waals surface area contributed by atoms with Gasteiger partial charge in [-0.1, -0.05) is 32.0 Å². The van der Waals surface area contributed by atoms with Crippen LogP contribution in [0.1, 0.15) is 69.4 Å². The molecule has 2 heterocycles. The van der Waals surface area contributed by atoms with Gasteiger partial charge in [0.05, 0.1) is 28.9 Å². The van der Waals surface area contributed by atoms with E-state index in [1.165, 1.54) is 0 Å². The molecule has 10 heteroatoms. The third kappa shape index (κ3) is 5.46. The lowest BCUT2D eigenvalue weighted by molar-refractivity contribution is 0.00604. The minimum absolute atomic E-state index is 0.0750. The van der Waals surface area contributed by atoms with Gasteiger partial charge in [-0.05, 0) is 68.9 Å². The lowest BCUT2D eigenvalue weighted by Crippen LogP contribution is -2.42. The maximum absolute atomic E-state index is 11.8. The minimum atomic E-state index is -1.97. The summed E-state index contributed by atoms with van der Waals surface area (Å²) in [6, 6.07) is 5.85. The Morgan fingerprint density at radius 2 is 2.00 bits per heavy atom. The van der Waals surface area contributed by atoms with Crippen molar-refractivity contribution in [1.82, 2.24) is 20.0 Å². The number of carboxylic acid groups (broad SMARTS) is 1. The van der Waals surface area contributed by atoms with Gasteiger partial charge in [0.2, 0.25) is 0 Å². The quantitative estimate of drug-likeness (QED) is 0.310.